The Morgan fingerprint density at radius 2 is 1.50 bits per heavy atom. The Kier molecular flexibility index (Phi) is 3.14. The fourth-order valence-corrected chi connectivity index (χ4v) is 1.60. The zero-order valence-corrected chi connectivity index (χ0v) is 8.88. The van der Waals surface area contributed by atoms with Gasteiger partial charge in [0.25, 0.3) is 0 Å². The van der Waals surface area contributed by atoms with Crippen LogP contribution in [-0.4, -0.2) is 6.29 Å². The first-order chi connectivity index (χ1) is 8.54. The second-order valence-corrected chi connectivity index (χ2v) is 3.57. The minimum Gasteiger partial charge on any atom is -0.298 e. The topological polar surface area (TPSA) is 17.1 Å². The highest BCUT2D eigenvalue weighted by atomic mass is 19.2. The van der Waals surface area contributed by atoms with Gasteiger partial charge >= 0.3 is 0 Å². The van der Waals surface area contributed by atoms with Crippen LogP contribution < -0.4 is 0 Å². The molecule has 0 saturated heterocycles. The molecule has 92 valence electrons. The molecule has 0 atom stereocenters. The summed E-state index contributed by atoms with van der Waals surface area (Å²) in [5.74, 6) is -4.81. The monoisotopic (exact) mass is 254 g/mol. The smallest absolute Gasteiger partial charge is 0.166 e. The standard InChI is InChI=1S/C13H6F4O/c14-10-3-1-2-8(13(10)17)9-5-12(16)11(15)4-7(9)6-18/h1-6H. The van der Waals surface area contributed by atoms with Crippen molar-refractivity contribution in [3.8, 4) is 11.1 Å². The minimum absolute atomic E-state index is 0.194. The highest BCUT2D eigenvalue weighted by Gasteiger charge is 2.16. The van der Waals surface area contributed by atoms with Crippen molar-refractivity contribution in [1.82, 2.24) is 0 Å². The number of hydrogen-bond acceptors (Lipinski definition) is 1. The first kappa shape index (κ1) is 12.3. The zero-order chi connectivity index (χ0) is 13.3. The number of carbonyl (C=O) groups is 1. The van der Waals surface area contributed by atoms with Gasteiger partial charge in [0.2, 0.25) is 0 Å². The fourth-order valence-electron chi connectivity index (χ4n) is 1.60. The van der Waals surface area contributed by atoms with Crippen LogP contribution in [0.3, 0.4) is 0 Å². The Morgan fingerprint density at radius 1 is 0.833 bits per heavy atom. The van der Waals surface area contributed by atoms with Gasteiger partial charge in [-0.1, -0.05) is 12.1 Å². The van der Waals surface area contributed by atoms with Crippen molar-refractivity contribution in [2.45, 2.75) is 0 Å². The summed E-state index contributed by atoms with van der Waals surface area (Å²) in [5, 5.41) is 0. The third kappa shape index (κ3) is 1.99. The normalized spacial score (nSPS) is 10.4. The van der Waals surface area contributed by atoms with Crippen molar-refractivity contribution >= 4 is 6.29 Å². The first-order valence-corrected chi connectivity index (χ1v) is 4.93. The molecule has 1 nitrogen and oxygen atoms in total. The van der Waals surface area contributed by atoms with E-state index in [2.05, 4.69) is 0 Å². The van der Waals surface area contributed by atoms with Crippen LogP contribution in [0.4, 0.5) is 17.6 Å². The Hall–Kier alpha value is -2.17. The molecule has 18 heavy (non-hydrogen) atoms. The van der Waals surface area contributed by atoms with E-state index in [0.717, 1.165) is 6.07 Å². The molecule has 0 fully saturated rings. The quantitative estimate of drug-likeness (QED) is 0.589. The lowest BCUT2D eigenvalue weighted by Gasteiger charge is -2.07. The van der Waals surface area contributed by atoms with E-state index >= 15 is 0 Å². The molecule has 0 heterocycles. The van der Waals surface area contributed by atoms with Crippen LogP contribution in [0.25, 0.3) is 11.1 Å². The number of benzene rings is 2. The average Bonchev–Trinajstić information content (AvgIpc) is 2.36. The van der Waals surface area contributed by atoms with Crippen molar-refractivity contribution in [3.63, 3.8) is 0 Å². The van der Waals surface area contributed by atoms with E-state index in [-0.39, 0.29) is 23.0 Å². The van der Waals surface area contributed by atoms with Gasteiger partial charge in [0.05, 0.1) is 0 Å². The predicted octanol–water partition coefficient (Wildman–Crippen LogP) is 3.72. The van der Waals surface area contributed by atoms with Gasteiger partial charge in [-0.2, -0.15) is 0 Å². The van der Waals surface area contributed by atoms with Gasteiger partial charge in [-0.15, -0.1) is 0 Å². The molecule has 0 bridgehead atoms. The number of carbonyl (C=O) groups excluding carboxylic acids is 1. The molecule has 0 amide bonds. The molecule has 2 rings (SSSR count). The van der Waals surface area contributed by atoms with Gasteiger partial charge in [-0.25, -0.2) is 17.6 Å². The maximum absolute atomic E-state index is 13.5. The molecule has 0 radical (unpaired) electrons. The fraction of sp³-hybridized carbons (Fsp3) is 0. The van der Waals surface area contributed by atoms with Crippen molar-refractivity contribution in [2.24, 2.45) is 0 Å². The summed E-state index contributed by atoms with van der Waals surface area (Å²) >= 11 is 0. The third-order valence-corrected chi connectivity index (χ3v) is 2.46. The maximum Gasteiger partial charge on any atom is 0.166 e. The molecule has 0 unspecified atom stereocenters. The molecule has 2 aromatic carbocycles. The van der Waals surface area contributed by atoms with Gasteiger partial charge in [0, 0.05) is 11.1 Å². The SMILES string of the molecule is O=Cc1cc(F)c(F)cc1-c1cccc(F)c1F. The van der Waals surface area contributed by atoms with Crippen LogP contribution in [0.1, 0.15) is 10.4 Å². The number of aldehydes is 1. The molecule has 0 spiro atoms. The molecular weight excluding hydrogens is 248 g/mol. The summed E-state index contributed by atoms with van der Waals surface area (Å²) in [7, 11) is 0. The van der Waals surface area contributed by atoms with E-state index in [0.29, 0.717) is 12.1 Å². The molecule has 0 saturated carbocycles. The summed E-state index contributed by atoms with van der Waals surface area (Å²) < 4.78 is 52.6. The number of halogens is 4. The summed E-state index contributed by atoms with van der Waals surface area (Å²) in [6.07, 6.45) is 0.252. The highest BCUT2D eigenvalue weighted by molar-refractivity contribution is 5.87. The van der Waals surface area contributed by atoms with Crippen molar-refractivity contribution in [1.29, 1.82) is 0 Å². The Labute approximate surface area is 99.7 Å². The predicted molar refractivity (Wildman–Crippen MR) is 57.1 cm³/mol. The third-order valence-electron chi connectivity index (χ3n) is 2.46. The van der Waals surface area contributed by atoms with Crippen LogP contribution in [0, 0.1) is 23.3 Å². The lowest BCUT2D eigenvalue weighted by atomic mass is 9.99. The summed E-state index contributed by atoms with van der Waals surface area (Å²) in [5.41, 5.74) is -0.740. The molecule has 0 aromatic heterocycles. The van der Waals surface area contributed by atoms with E-state index in [1.54, 1.807) is 0 Å². The second-order valence-electron chi connectivity index (χ2n) is 3.57. The van der Waals surface area contributed by atoms with E-state index in [9.17, 15) is 22.4 Å². The molecule has 0 aliphatic heterocycles. The summed E-state index contributed by atoms with van der Waals surface area (Å²) in [6, 6.07) is 4.58. The Morgan fingerprint density at radius 3 is 2.17 bits per heavy atom. The van der Waals surface area contributed by atoms with Crippen LogP contribution in [-0.2, 0) is 0 Å². The van der Waals surface area contributed by atoms with Crippen molar-refractivity contribution in [3.05, 3.63) is 59.2 Å². The van der Waals surface area contributed by atoms with E-state index < -0.39 is 23.3 Å². The van der Waals surface area contributed by atoms with Gasteiger partial charge in [-0.05, 0) is 23.8 Å². The maximum atomic E-state index is 13.5. The van der Waals surface area contributed by atoms with E-state index in [1.807, 2.05) is 0 Å². The Bertz CT molecular complexity index is 623. The average molecular weight is 254 g/mol. The minimum atomic E-state index is -1.24. The van der Waals surface area contributed by atoms with Gasteiger partial charge in [-0.3, -0.25) is 4.79 Å². The summed E-state index contributed by atoms with van der Waals surface area (Å²) in [6.45, 7) is 0. The number of rotatable bonds is 2. The van der Waals surface area contributed by atoms with Crippen molar-refractivity contribution in [2.75, 3.05) is 0 Å². The largest absolute Gasteiger partial charge is 0.298 e. The van der Waals surface area contributed by atoms with Gasteiger partial charge < -0.3 is 0 Å². The molecule has 0 N–H and O–H groups in total. The molecule has 5 heteroatoms. The Balaban J connectivity index is 2.74. The summed E-state index contributed by atoms with van der Waals surface area (Å²) in [4.78, 5) is 10.8. The molecule has 0 aliphatic rings. The van der Waals surface area contributed by atoms with Crippen LogP contribution in [0.15, 0.2) is 30.3 Å². The van der Waals surface area contributed by atoms with Crippen molar-refractivity contribution < 1.29 is 22.4 Å². The van der Waals surface area contributed by atoms with E-state index in [4.69, 9.17) is 0 Å². The number of hydrogen-bond donors (Lipinski definition) is 0. The molecular formula is C13H6F4O. The second kappa shape index (κ2) is 4.60. The first-order valence-electron chi connectivity index (χ1n) is 4.93. The van der Waals surface area contributed by atoms with Gasteiger partial charge in [0.15, 0.2) is 29.6 Å². The lowest BCUT2D eigenvalue weighted by Crippen LogP contribution is -1.97. The molecule has 2 aromatic rings. The van der Waals surface area contributed by atoms with Crippen LogP contribution in [0.5, 0.6) is 0 Å². The zero-order valence-electron chi connectivity index (χ0n) is 8.88. The lowest BCUT2D eigenvalue weighted by molar-refractivity contribution is 0.112. The highest BCUT2D eigenvalue weighted by Crippen LogP contribution is 2.28. The van der Waals surface area contributed by atoms with Gasteiger partial charge in [0.1, 0.15) is 0 Å². The van der Waals surface area contributed by atoms with Crippen LogP contribution >= 0.6 is 0 Å². The molecule has 0 aliphatic carbocycles. The van der Waals surface area contributed by atoms with Crippen LogP contribution in [0.2, 0.25) is 0 Å². The van der Waals surface area contributed by atoms with E-state index in [1.165, 1.54) is 12.1 Å².